The van der Waals surface area contributed by atoms with E-state index >= 15 is 0 Å². The lowest BCUT2D eigenvalue weighted by atomic mass is 10.2. The monoisotopic (exact) mass is 284 g/mol. The maximum absolute atomic E-state index is 11.9. The summed E-state index contributed by atoms with van der Waals surface area (Å²) in [5.41, 5.74) is 6.32. The van der Waals surface area contributed by atoms with E-state index in [9.17, 15) is 8.42 Å². The van der Waals surface area contributed by atoms with Gasteiger partial charge in [-0.25, -0.2) is 13.1 Å². The highest BCUT2D eigenvalue weighted by Gasteiger charge is 2.20. The topological polar surface area (TPSA) is 81.4 Å². The highest BCUT2D eigenvalue weighted by molar-refractivity contribution is 7.89. The van der Waals surface area contributed by atoms with Crippen molar-refractivity contribution in [3.8, 4) is 5.75 Å². The van der Waals surface area contributed by atoms with Crippen molar-refractivity contribution < 1.29 is 13.2 Å². The van der Waals surface area contributed by atoms with Crippen LogP contribution in [-0.2, 0) is 10.0 Å². The van der Waals surface area contributed by atoms with Crippen LogP contribution in [0.2, 0.25) is 0 Å². The predicted molar refractivity (Wildman–Crippen MR) is 74.6 cm³/mol. The first kappa shape index (κ1) is 14.1. The Labute approximate surface area is 114 Å². The van der Waals surface area contributed by atoms with Gasteiger partial charge in [-0.15, -0.1) is 0 Å². The van der Waals surface area contributed by atoms with Gasteiger partial charge in [-0.2, -0.15) is 0 Å². The number of anilines is 1. The molecule has 6 heteroatoms. The van der Waals surface area contributed by atoms with Crippen molar-refractivity contribution >= 4 is 15.7 Å². The number of hydrogen-bond acceptors (Lipinski definition) is 4. The van der Waals surface area contributed by atoms with E-state index in [0.717, 1.165) is 25.7 Å². The third kappa shape index (κ3) is 3.39. The number of ether oxygens (including phenoxy) is 1. The third-order valence-electron chi connectivity index (χ3n) is 3.23. The molecule has 1 aliphatic carbocycles. The number of sulfonamides is 1. The highest BCUT2D eigenvalue weighted by atomic mass is 32.2. The Morgan fingerprint density at radius 3 is 2.68 bits per heavy atom. The minimum atomic E-state index is -3.47. The molecule has 0 saturated heterocycles. The van der Waals surface area contributed by atoms with Crippen LogP contribution < -0.4 is 15.2 Å². The van der Waals surface area contributed by atoms with Crippen LogP contribution in [0.3, 0.4) is 0 Å². The van der Waals surface area contributed by atoms with Crippen molar-refractivity contribution in [2.24, 2.45) is 0 Å². The SMILES string of the molecule is CCNS(=O)(=O)c1ccc(N)c(OC2CCCC2)c1. The second kappa shape index (κ2) is 5.79. The summed E-state index contributed by atoms with van der Waals surface area (Å²) in [5.74, 6) is 0.464. The molecule has 0 bridgehead atoms. The predicted octanol–water partition coefficient (Wildman–Crippen LogP) is 1.89. The van der Waals surface area contributed by atoms with Crippen molar-refractivity contribution in [3.63, 3.8) is 0 Å². The minimum absolute atomic E-state index is 0.152. The summed E-state index contributed by atoms with van der Waals surface area (Å²) >= 11 is 0. The van der Waals surface area contributed by atoms with Crippen LogP contribution in [0.5, 0.6) is 5.75 Å². The molecule has 0 spiro atoms. The zero-order valence-electron chi connectivity index (χ0n) is 11.1. The molecule has 1 aromatic carbocycles. The van der Waals surface area contributed by atoms with Gasteiger partial charge < -0.3 is 10.5 Å². The van der Waals surface area contributed by atoms with Crippen molar-refractivity contribution in [2.45, 2.75) is 43.6 Å². The first-order chi connectivity index (χ1) is 9.03. The molecule has 1 aromatic rings. The molecule has 106 valence electrons. The zero-order valence-corrected chi connectivity index (χ0v) is 11.9. The van der Waals surface area contributed by atoms with Gasteiger partial charge >= 0.3 is 0 Å². The molecule has 0 aliphatic heterocycles. The van der Waals surface area contributed by atoms with Crippen LogP contribution in [-0.4, -0.2) is 21.1 Å². The molecule has 0 amide bonds. The Hall–Kier alpha value is -1.27. The van der Waals surface area contributed by atoms with Crippen LogP contribution in [0.4, 0.5) is 5.69 Å². The van der Waals surface area contributed by atoms with E-state index in [2.05, 4.69) is 4.72 Å². The smallest absolute Gasteiger partial charge is 0.240 e. The Bertz CT molecular complexity index is 537. The number of hydrogen-bond donors (Lipinski definition) is 2. The molecule has 5 nitrogen and oxygen atoms in total. The first-order valence-electron chi connectivity index (χ1n) is 6.59. The largest absolute Gasteiger partial charge is 0.488 e. The quantitative estimate of drug-likeness (QED) is 0.809. The molecule has 1 aliphatic rings. The fourth-order valence-corrected chi connectivity index (χ4v) is 3.30. The molecule has 0 aromatic heterocycles. The molecular weight excluding hydrogens is 264 g/mol. The van der Waals surface area contributed by atoms with E-state index in [4.69, 9.17) is 10.5 Å². The molecule has 3 N–H and O–H groups in total. The van der Waals surface area contributed by atoms with E-state index in [1.807, 2.05) is 0 Å². The van der Waals surface area contributed by atoms with Gasteiger partial charge in [0.05, 0.1) is 16.7 Å². The van der Waals surface area contributed by atoms with E-state index in [1.54, 1.807) is 13.0 Å². The lowest BCUT2D eigenvalue weighted by Gasteiger charge is -2.16. The second-order valence-electron chi connectivity index (χ2n) is 4.73. The number of benzene rings is 1. The van der Waals surface area contributed by atoms with Crippen LogP contribution >= 0.6 is 0 Å². The molecular formula is C13H20N2O3S. The number of rotatable bonds is 5. The summed E-state index contributed by atoms with van der Waals surface area (Å²) in [5, 5.41) is 0. The van der Waals surface area contributed by atoms with Crippen LogP contribution in [0.1, 0.15) is 32.6 Å². The Morgan fingerprint density at radius 1 is 1.37 bits per heavy atom. The summed E-state index contributed by atoms with van der Waals surface area (Å²) in [6.07, 6.45) is 4.46. The molecule has 1 saturated carbocycles. The second-order valence-corrected chi connectivity index (χ2v) is 6.49. The maximum Gasteiger partial charge on any atom is 0.240 e. The highest BCUT2D eigenvalue weighted by Crippen LogP contribution is 2.30. The lowest BCUT2D eigenvalue weighted by molar-refractivity contribution is 0.211. The maximum atomic E-state index is 11.9. The van der Waals surface area contributed by atoms with Gasteiger partial charge in [-0.05, 0) is 37.8 Å². The Balaban J connectivity index is 2.23. The van der Waals surface area contributed by atoms with Crippen molar-refractivity contribution in [1.29, 1.82) is 0 Å². The molecule has 19 heavy (non-hydrogen) atoms. The van der Waals surface area contributed by atoms with Crippen molar-refractivity contribution in [2.75, 3.05) is 12.3 Å². The lowest BCUT2D eigenvalue weighted by Crippen LogP contribution is -2.23. The summed E-state index contributed by atoms with van der Waals surface area (Å²) in [6, 6.07) is 4.58. The van der Waals surface area contributed by atoms with Gasteiger partial charge in [0.1, 0.15) is 5.75 Å². The normalized spacial score (nSPS) is 16.7. The average molecular weight is 284 g/mol. The molecule has 0 atom stereocenters. The molecule has 2 rings (SSSR count). The molecule has 0 heterocycles. The van der Waals surface area contributed by atoms with Gasteiger partial charge in [0.25, 0.3) is 0 Å². The summed E-state index contributed by atoms with van der Waals surface area (Å²) < 4.78 is 32.1. The number of nitrogen functional groups attached to an aromatic ring is 1. The fourth-order valence-electron chi connectivity index (χ4n) is 2.24. The molecule has 0 unspecified atom stereocenters. The zero-order chi connectivity index (χ0) is 13.9. The van der Waals surface area contributed by atoms with Gasteiger partial charge in [0, 0.05) is 12.6 Å². The number of nitrogens with two attached hydrogens (primary N) is 1. The number of nitrogens with one attached hydrogen (secondary N) is 1. The van der Waals surface area contributed by atoms with Crippen LogP contribution in [0.15, 0.2) is 23.1 Å². The fraction of sp³-hybridized carbons (Fsp3) is 0.538. The Morgan fingerprint density at radius 2 is 2.05 bits per heavy atom. The first-order valence-corrected chi connectivity index (χ1v) is 8.07. The third-order valence-corrected chi connectivity index (χ3v) is 4.77. The van der Waals surface area contributed by atoms with Crippen molar-refractivity contribution in [3.05, 3.63) is 18.2 Å². The molecule has 1 fully saturated rings. The van der Waals surface area contributed by atoms with Crippen LogP contribution in [0.25, 0.3) is 0 Å². The van der Waals surface area contributed by atoms with Gasteiger partial charge in [-0.1, -0.05) is 6.92 Å². The van der Waals surface area contributed by atoms with E-state index < -0.39 is 10.0 Å². The summed E-state index contributed by atoms with van der Waals surface area (Å²) in [4.78, 5) is 0.191. The van der Waals surface area contributed by atoms with E-state index in [0.29, 0.717) is 18.0 Å². The summed E-state index contributed by atoms with van der Waals surface area (Å²) in [7, 11) is -3.47. The molecule has 0 radical (unpaired) electrons. The van der Waals surface area contributed by atoms with E-state index in [-0.39, 0.29) is 11.0 Å². The van der Waals surface area contributed by atoms with Gasteiger partial charge in [-0.3, -0.25) is 0 Å². The average Bonchev–Trinajstić information content (AvgIpc) is 2.84. The van der Waals surface area contributed by atoms with Crippen LogP contribution in [0, 0.1) is 0 Å². The standard InChI is InChI=1S/C13H20N2O3S/c1-2-15-19(16,17)11-7-8-12(14)13(9-11)18-10-5-3-4-6-10/h7-10,15H,2-6,14H2,1H3. The minimum Gasteiger partial charge on any atom is -0.488 e. The van der Waals surface area contributed by atoms with Gasteiger partial charge in [0.15, 0.2) is 0 Å². The van der Waals surface area contributed by atoms with E-state index in [1.165, 1.54) is 12.1 Å². The summed E-state index contributed by atoms with van der Waals surface area (Å²) in [6.45, 7) is 2.09. The van der Waals surface area contributed by atoms with Gasteiger partial charge in [0.2, 0.25) is 10.0 Å². The Kier molecular flexibility index (Phi) is 4.31. The van der Waals surface area contributed by atoms with Crippen molar-refractivity contribution in [1.82, 2.24) is 4.72 Å².